The highest BCUT2D eigenvalue weighted by Crippen LogP contribution is 2.41. The fourth-order valence-electron chi connectivity index (χ4n) is 4.46. The SMILES string of the molecule is NCC1(c2cccc(Cl)c2)CCC(N2CCc3cncnc3C2=O)CC1. The molecular formula is C20H23ClN4O. The van der Waals surface area contributed by atoms with E-state index in [1.807, 2.05) is 23.1 Å². The van der Waals surface area contributed by atoms with Crippen molar-refractivity contribution in [2.24, 2.45) is 5.73 Å². The summed E-state index contributed by atoms with van der Waals surface area (Å²) in [5, 5.41) is 0.750. The number of nitrogens with zero attached hydrogens (tertiary/aromatic N) is 3. The number of rotatable bonds is 3. The lowest BCUT2D eigenvalue weighted by atomic mass is 9.68. The zero-order valence-electron chi connectivity index (χ0n) is 14.7. The quantitative estimate of drug-likeness (QED) is 0.901. The van der Waals surface area contributed by atoms with E-state index in [0.717, 1.165) is 49.2 Å². The average molecular weight is 371 g/mol. The van der Waals surface area contributed by atoms with Crippen molar-refractivity contribution in [2.75, 3.05) is 13.1 Å². The van der Waals surface area contributed by atoms with Gasteiger partial charge in [-0.1, -0.05) is 23.7 Å². The largest absolute Gasteiger partial charge is 0.334 e. The number of hydrogen-bond acceptors (Lipinski definition) is 4. The van der Waals surface area contributed by atoms with Gasteiger partial charge in [0.2, 0.25) is 0 Å². The maximum Gasteiger partial charge on any atom is 0.273 e. The molecule has 1 aliphatic heterocycles. The summed E-state index contributed by atoms with van der Waals surface area (Å²) >= 11 is 6.19. The Morgan fingerprint density at radius 3 is 2.85 bits per heavy atom. The molecule has 1 aromatic heterocycles. The van der Waals surface area contributed by atoms with Crippen molar-refractivity contribution in [3.05, 3.63) is 58.6 Å². The number of fused-ring (bicyclic) bond motifs is 1. The number of carbonyl (C=O) groups is 1. The Hall–Kier alpha value is -1.98. The van der Waals surface area contributed by atoms with E-state index in [9.17, 15) is 4.79 Å². The molecule has 2 aromatic rings. The maximum atomic E-state index is 12.9. The molecule has 0 spiro atoms. The third-order valence-corrected chi connectivity index (χ3v) is 6.29. The van der Waals surface area contributed by atoms with Gasteiger partial charge in [-0.3, -0.25) is 4.79 Å². The monoisotopic (exact) mass is 370 g/mol. The van der Waals surface area contributed by atoms with Gasteiger partial charge in [0.05, 0.1) is 0 Å². The summed E-state index contributed by atoms with van der Waals surface area (Å²) in [5.74, 6) is 0.0432. The minimum Gasteiger partial charge on any atom is -0.334 e. The number of halogens is 1. The average Bonchev–Trinajstić information content (AvgIpc) is 2.69. The second-order valence-corrected chi connectivity index (χ2v) is 7.81. The Kier molecular flexibility index (Phi) is 4.67. The van der Waals surface area contributed by atoms with Gasteiger partial charge in [-0.05, 0) is 49.8 Å². The topological polar surface area (TPSA) is 72.1 Å². The van der Waals surface area contributed by atoms with Crippen molar-refractivity contribution in [1.82, 2.24) is 14.9 Å². The van der Waals surface area contributed by atoms with Gasteiger partial charge in [0.1, 0.15) is 12.0 Å². The van der Waals surface area contributed by atoms with Crippen LogP contribution in [0.5, 0.6) is 0 Å². The molecule has 5 nitrogen and oxygen atoms in total. The van der Waals surface area contributed by atoms with E-state index in [-0.39, 0.29) is 17.4 Å². The van der Waals surface area contributed by atoms with Crippen LogP contribution in [0.15, 0.2) is 36.8 Å². The highest BCUT2D eigenvalue weighted by molar-refractivity contribution is 6.30. The summed E-state index contributed by atoms with van der Waals surface area (Å²) < 4.78 is 0. The second-order valence-electron chi connectivity index (χ2n) is 7.37. The number of amides is 1. The molecule has 1 amide bonds. The van der Waals surface area contributed by atoms with E-state index in [1.165, 1.54) is 11.9 Å². The number of benzene rings is 1. The third-order valence-electron chi connectivity index (χ3n) is 6.05. The van der Waals surface area contributed by atoms with Crippen LogP contribution in [0.2, 0.25) is 5.02 Å². The first-order chi connectivity index (χ1) is 12.6. The minimum atomic E-state index is -0.0414. The molecule has 6 heteroatoms. The van der Waals surface area contributed by atoms with Gasteiger partial charge in [0.25, 0.3) is 5.91 Å². The Morgan fingerprint density at radius 2 is 2.12 bits per heavy atom. The van der Waals surface area contributed by atoms with E-state index >= 15 is 0 Å². The molecule has 1 aromatic carbocycles. The lowest BCUT2D eigenvalue weighted by Gasteiger charge is -2.44. The van der Waals surface area contributed by atoms with Gasteiger partial charge in [-0.25, -0.2) is 9.97 Å². The molecule has 2 N–H and O–H groups in total. The molecule has 0 saturated heterocycles. The fraction of sp³-hybridized carbons (Fsp3) is 0.450. The lowest BCUT2D eigenvalue weighted by molar-refractivity contribution is 0.0567. The fourth-order valence-corrected chi connectivity index (χ4v) is 4.65. The van der Waals surface area contributed by atoms with Crippen LogP contribution < -0.4 is 5.73 Å². The molecule has 4 rings (SSSR count). The molecule has 1 aliphatic carbocycles. The molecule has 0 atom stereocenters. The van der Waals surface area contributed by atoms with E-state index in [0.29, 0.717) is 12.2 Å². The normalized spacial score (nSPS) is 25.8. The predicted octanol–water partition coefficient (Wildman–Crippen LogP) is 2.97. The van der Waals surface area contributed by atoms with E-state index in [4.69, 9.17) is 17.3 Å². The van der Waals surface area contributed by atoms with E-state index in [1.54, 1.807) is 6.20 Å². The first kappa shape index (κ1) is 17.4. The van der Waals surface area contributed by atoms with Crippen LogP contribution in [0, 0.1) is 0 Å². The molecule has 2 aliphatic rings. The first-order valence-corrected chi connectivity index (χ1v) is 9.57. The number of carbonyl (C=O) groups excluding carboxylic acids is 1. The summed E-state index contributed by atoms with van der Waals surface area (Å²) in [6.07, 6.45) is 7.89. The van der Waals surface area contributed by atoms with Gasteiger partial charge < -0.3 is 10.6 Å². The molecule has 1 fully saturated rings. The summed E-state index contributed by atoms with van der Waals surface area (Å²) in [5.41, 5.74) is 8.89. The summed E-state index contributed by atoms with van der Waals surface area (Å²) in [6, 6.07) is 8.30. The molecule has 136 valence electrons. The van der Waals surface area contributed by atoms with Crippen LogP contribution in [0.4, 0.5) is 0 Å². The van der Waals surface area contributed by atoms with Crippen molar-refractivity contribution in [3.63, 3.8) is 0 Å². The van der Waals surface area contributed by atoms with Crippen molar-refractivity contribution >= 4 is 17.5 Å². The second kappa shape index (κ2) is 6.97. The van der Waals surface area contributed by atoms with E-state index < -0.39 is 0 Å². The number of hydrogen-bond donors (Lipinski definition) is 1. The van der Waals surface area contributed by atoms with Crippen molar-refractivity contribution in [3.8, 4) is 0 Å². The van der Waals surface area contributed by atoms with Crippen LogP contribution in [-0.2, 0) is 11.8 Å². The molecule has 0 bridgehead atoms. The number of nitrogens with two attached hydrogens (primary N) is 1. The maximum absolute atomic E-state index is 12.9. The smallest absolute Gasteiger partial charge is 0.273 e. The van der Waals surface area contributed by atoms with Crippen LogP contribution >= 0.6 is 11.6 Å². The molecule has 0 unspecified atom stereocenters. The van der Waals surface area contributed by atoms with Gasteiger partial charge in [0, 0.05) is 41.3 Å². The van der Waals surface area contributed by atoms with Crippen molar-refractivity contribution < 1.29 is 4.79 Å². The van der Waals surface area contributed by atoms with Crippen LogP contribution in [0.3, 0.4) is 0 Å². The molecule has 26 heavy (non-hydrogen) atoms. The van der Waals surface area contributed by atoms with Crippen LogP contribution in [0.1, 0.15) is 47.3 Å². The Labute approximate surface area is 158 Å². The van der Waals surface area contributed by atoms with Gasteiger partial charge in [-0.15, -0.1) is 0 Å². The summed E-state index contributed by atoms with van der Waals surface area (Å²) in [6.45, 7) is 1.35. The molecular weight excluding hydrogens is 348 g/mol. The first-order valence-electron chi connectivity index (χ1n) is 9.19. The molecule has 0 radical (unpaired) electrons. The van der Waals surface area contributed by atoms with Crippen LogP contribution in [0.25, 0.3) is 0 Å². The highest BCUT2D eigenvalue weighted by atomic mass is 35.5. The van der Waals surface area contributed by atoms with Crippen molar-refractivity contribution in [1.29, 1.82) is 0 Å². The Balaban J connectivity index is 1.51. The van der Waals surface area contributed by atoms with Gasteiger partial charge >= 0.3 is 0 Å². The Morgan fingerprint density at radius 1 is 1.31 bits per heavy atom. The van der Waals surface area contributed by atoms with Crippen LogP contribution in [-0.4, -0.2) is 39.9 Å². The van der Waals surface area contributed by atoms with Crippen molar-refractivity contribution in [2.45, 2.75) is 43.6 Å². The summed E-state index contributed by atoms with van der Waals surface area (Å²) in [7, 11) is 0. The van der Waals surface area contributed by atoms with Gasteiger partial charge in [-0.2, -0.15) is 0 Å². The number of aromatic nitrogens is 2. The zero-order chi connectivity index (χ0) is 18.1. The standard InChI is InChI=1S/C20H23ClN4O/c21-16-3-1-2-15(10-16)20(12-22)7-4-17(5-8-20)25-9-6-14-11-23-13-24-18(14)19(25)26/h1-3,10-11,13,17H,4-9,12,22H2. The third kappa shape index (κ3) is 2.99. The van der Waals surface area contributed by atoms with E-state index in [2.05, 4.69) is 16.0 Å². The summed E-state index contributed by atoms with van der Waals surface area (Å²) in [4.78, 5) is 23.1. The predicted molar refractivity (Wildman–Crippen MR) is 101 cm³/mol. The highest BCUT2D eigenvalue weighted by Gasteiger charge is 2.40. The Bertz CT molecular complexity index is 817. The zero-order valence-corrected chi connectivity index (χ0v) is 15.5. The van der Waals surface area contributed by atoms with Gasteiger partial charge in [0.15, 0.2) is 0 Å². The molecule has 1 saturated carbocycles. The minimum absolute atomic E-state index is 0.0414. The molecule has 2 heterocycles. The lowest BCUT2D eigenvalue weighted by Crippen LogP contribution is -2.50.